The van der Waals surface area contributed by atoms with Gasteiger partial charge in [0.05, 0.1) is 22.0 Å². The first kappa shape index (κ1) is 20.1. The van der Waals surface area contributed by atoms with E-state index in [0.29, 0.717) is 5.56 Å². The lowest BCUT2D eigenvalue weighted by Gasteiger charge is -2.18. The topological polar surface area (TPSA) is 89.8 Å². The fourth-order valence-electron chi connectivity index (χ4n) is 2.31. The molecule has 7 nitrogen and oxygen atoms in total. The summed E-state index contributed by atoms with van der Waals surface area (Å²) in [4.78, 5) is 10.1. The van der Waals surface area contributed by atoms with Gasteiger partial charge in [0, 0.05) is 25.2 Å². The summed E-state index contributed by atoms with van der Waals surface area (Å²) in [7, 11) is -1.46. The molecule has 0 amide bonds. The average Bonchev–Trinajstić information content (AvgIpc) is 2.56. The third-order valence-corrected chi connectivity index (χ3v) is 5.99. The van der Waals surface area contributed by atoms with E-state index in [4.69, 9.17) is 16.3 Å². The largest absolute Gasteiger partial charge is 0.494 e. The van der Waals surface area contributed by atoms with Crippen molar-refractivity contribution in [2.45, 2.75) is 18.4 Å². The zero-order valence-electron chi connectivity index (χ0n) is 14.2. The molecule has 0 aliphatic rings. The molecule has 0 saturated carbocycles. The predicted molar refractivity (Wildman–Crippen MR) is 94.4 cm³/mol. The molecule has 0 unspecified atom stereocenters. The van der Waals surface area contributed by atoms with Gasteiger partial charge in [-0.1, -0.05) is 17.7 Å². The second-order valence-corrected chi connectivity index (χ2v) is 7.99. The van der Waals surface area contributed by atoms with Gasteiger partial charge < -0.3 is 4.74 Å². The van der Waals surface area contributed by atoms with Gasteiger partial charge in [-0.3, -0.25) is 10.1 Å². The van der Waals surface area contributed by atoms with Crippen LogP contribution in [0.15, 0.2) is 35.2 Å². The first-order valence-corrected chi connectivity index (χ1v) is 9.13. The van der Waals surface area contributed by atoms with Crippen LogP contribution in [0.4, 0.5) is 10.1 Å². The number of sulfonamides is 1. The molecular formula is C16H16ClFN2O5S. The van der Waals surface area contributed by atoms with Crippen LogP contribution < -0.4 is 4.74 Å². The maximum atomic E-state index is 13.8. The van der Waals surface area contributed by atoms with Gasteiger partial charge in [0.2, 0.25) is 10.0 Å². The molecule has 0 aromatic heterocycles. The van der Waals surface area contributed by atoms with E-state index in [1.165, 1.54) is 33.2 Å². The maximum absolute atomic E-state index is 13.8. The lowest BCUT2D eigenvalue weighted by Crippen LogP contribution is -2.26. The average molecular weight is 403 g/mol. The van der Waals surface area contributed by atoms with Crippen LogP contribution in [0, 0.1) is 22.9 Å². The highest BCUT2D eigenvalue weighted by molar-refractivity contribution is 7.89. The van der Waals surface area contributed by atoms with Crippen molar-refractivity contribution in [2.24, 2.45) is 0 Å². The SMILES string of the molecule is COc1ccc(CN(C)S(=O)(=O)c2cc(Cl)c(C)c([N+](=O)[O-])c2)cc1F. The van der Waals surface area contributed by atoms with Crippen molar-refractivity contribution in [3.63, 3.8) is 0 Å². The Morgan fingerprint density at radius 2 is 1.96 bits per heavy atom. The molecule has 10 heteroatoms. The molecule has 0 heterocycles. The summed E-state index contributed by atoms with van der Waals surface area (Å²) in [6.07, 6.45) is 0. The van der Waals surface area contributed by atoms with Crippen molar-refractivity contribution in [1.82, 2.24) is 4.31 Å². The van der Waals surface area contributed by atoms with Gasteiger partial charge in [0.25, 0.3) is 5.69 Å². The summed E-state index contributed by atoms with van der Waals surface area (Å²) in [6, 6.07) is 6.19. The zero-order chi connectivity index (χ0) is 19.6. The number of nitrogens with zero attached hydrogens (tertiary/aromatic N) is 2. The van der Waals surface area contributed by atoms with Crippen molar-refractivity contribution in [1.29, 1.82) is 0 Å². The number of methoxy groups -OCH3 is 1. The highest BCUT2D eigenvalue weighted by Crippen LogP contribution is 2.31. The van der Waals surface area contributed by atoms with Crippen LogP contribution in [-0.4, -0.2) is 31.8 Å². The van der Waals surface area contributed by atoms with Gasteiger partial charge in [-0.05, 0) is 30.7 Å². The number of nitro groups is 1. The normalized spacial score (nSPS) is 11.6. The molecule has 0 fully saturated rings. The van der Waals surface area contributed by atoms with E-state index >= 15 is 0 Å². The molecule has 0 saturated heterocycles. The summed E-state index contributed by atoms with van der Waals surface area (Å²) in [5.41, 5.74) is 0.178. The van der Waals surface area contributed by atoms with Gasteiger partial charge in [0.15, 0.2) is 11.6 Å². The van der Waals surface area contributed by atoms with E-state index in [0.717, 1.165) is 22.5 Å². The molecule has 0 radical (unpaired) electrons. The molecule has 2 aromatic rings. The lowest BCUT2D eigenvalue weighted by molar-refractivity contribution is -0.385. The Bertz CT molecular complexity index is 965. The number of hydrogen-bond acceptors (Lipinski definition) is 5. The number of rotatable bonds is 6. The van der Waals surface area contributed by atoms with Gasteiger partial charge >= 0.3 is 0 Å². The molecule has 0 spiro atoms. The van der Waals surface area contributed by atoms with Crippen LogP contribution in [0.25, 0.3) is 0 Å². The summed E-state index contributed by atoms with van der Waals surface area (Å²) in [6.45, 7) is 1.29. The minimum Gasteiger partial charge on any atom is -0.494 e. The second-order valence-electron chi connectivity index (χ2n) is 5.54. The summed E-state index contributed by atoms with van der Waals surface area (Å²) in [5.74, 6) is -0.579. The molecular weight excluding hydrogens is 387 g/mol. The van der Waals surface area contributed by atoms with E-state index in [2.05, 4.69) is 0 Å². The molecule has 0 bridgehead atoms. The van der Waals surface area contributed by atoms with Gasteiger partial charge in [-0.2, -0.15) is 4.31 Å². The Morgan fingerprint density at radius 3 is 2.50 bits per heavy atom. The first-order valence-electron chi connectivity index (χ1n) is 7.31. The van der Waals surface area contributed by atoms with Crippen molar-refractivity contribution >= 4 is 27.3 Å². The fourth-order valence-corrected chi connectivity index (χ4v) is 3.79. The van der Waals surface area contributed by atoms with Crippen LogP contribution in [0.5, 0.6) is 5.75 Å². The van der Waals surface area contributed by atoms with E-state index < -0.39 is 20.8 Å². The number of nitro benzene ring substituents is 1. The van der Waals surface area contributed by atoms with Crippen LogP contribution in [-0.2, 0) is 16.6 Å². The minimum absolute atomic E-state index is 0.0262. The predicted octanol–water partition coefficient (Wildman–Crippen LogP) is 3.53. The highest BCUT2D eigenvalue weighted by Gasteiger charge is 2.26. The maximum Gasteiger partial charge on any atom is 0.275 e. The van der Waals surface area contributed by atoms with Gasteiger partial charge in [0.1, 0.15) is 0 Å². The molecule has 26 heavy (non-hydrogen) atoms. The fraction of sp³-hybridized carbons (Fsp3) is 0.250. The highest BCUT2D eigenvalue weighted by atomic mass is 35.5. The molecule has 0 aliphatic carbocycles. The molecule has 2 aromatic carbocycles. The Kier molecular flexibility index (Phi) is 5.84. The van der Waals surface area contributed by atoms with Crippen LogP contribution in [0.3, 0.4) is 0 Å². The number of halogens is 2. The van der Waals surface area contributed by atoms with Crippen molar-refractivity contribution < 1.29 is 22.5 Å². The molecule has 0 atom stereocenters. The zero-order valence-corrected chi connectivity index (χ0v) is 15.8. The second kappa shape index (κ2) is 7.56. The quantitative estimate of drug-likeness (QED) is 0.544. The molecule has 0 N–H and O–H groups in total. The molecule has 2 rings (SSSR count). The van der Waals surface area contributed by atoms with E-state index in [9.17, 15) is 22.9 Å². The standard InChI is InChI=1S/C16H16ClFN2O5S/c1-10-13(17)7-12(8-15(10)20(21)22)26(23,24)19(2)9-11-4-5-16(25-3)14(18)6-11/h4-8H,9H2,1-3H3. The third kappa shape index (κ3) is 3.95. The van der Waals surface area contributed by atoms with Crippen LogP contribution in [0.2, 0.25) is 5.02 Å². The lowest BCUT2D eigenvalue weighted by atomic mass is 10.2. The van der Waals surface area contributed by atoms with Crippen molar-refractivity contribution in [2.75, 3.05) is 14.2 Å². The minimum atomic E-state index is -4.07. The Hall–Kier alpha value is -2.23. The summed E-state index contributed by atoms with van der Waals surface area (Å²) >= 11 is 5.94. The number of benzene rings is 2. The molecule has 140 valence electrons. The first-order chi connectivity index (χ1) is 12.1. The molecule has 0 aliphatic heterocycles. The smallest absolute Gasteiger partial charge is 0.275 e. The Labute approximate surface area is 155 Å². The summed E-state index contributed by atoms with van der Waals surface area (Å²) < 4.78 is 45.0. The Morgan fingerprint density at radius 1 is 1.31 bits per heavy atom. The van der Waals surface area contributed by atoms with E-state index in [-0.39, 0.29) is 33.5 Å². The monoisotopic (exact) mass is 402 g/mol. The number of ether oxygens (including phenoxy) is 1. The van der Waals surface area contributed by atoms with Crippen molar-refractivity contribution in [3.05, 3.63) is 62.4 Å². The van der Waals surface area contributed by atoms with Gasteiger partial charge in [-0.25, -0.2) is 12.8 Å². The number of hydrogen-bond donors (Lipinski definition) is 0. The summed E-state index contributed by atoms with van der Waals surface area (Å²) in [5, 5.41) is 11.1. The Balaban J connectivity index is 2.38. The van der Waals surface area contributed by atoms with Crippen LogP contribution >= 0.6 is 11.6 Å². The van der Waals surface area contributed by atoms with Crippen molar-refractivity contribution in [3.8, 4) is 5.75 Å². The van der Waals surface area contributed by atoms with Crippen LogP contribution in [0.1, 0.15) is 11.1 Å². The van der Waals surface area contributed by atoms with E-state index in [1.807, 2.05) is 0 Å². The van der Waals surface area contributed by atoms with E-state index in [1.54, 1.807) is 0 Å². The third-order valence-electron chi connectivity index (χ3n) is 3.82. The van der Waals surface area contributed by atoms with Gasteiger partial charge in [-0.15, -0.1) is 0 Å².